The van der Waals surface area contributed by atoms with Gasteiger partial charge in [0.1, 0.15) is 5.52 Å². The van der Waals surface area contributed by atoms with Crippen molar-refractivity contribution in [1.29, 1.82) is 0 Å². The molecule has 0 saturated carbocycles. The average molecular weight is 417 g/mol. The van der Waals surface area contributed by atoms with Gasteiger partial charge in [0.05, 0.1) is 16.5 Å². The van der Waals surface area contributed by atoms with Crippen LogP contribution in [0.3, 0.4) is 0 Å². The van der Waals surface area contributed by atoms with Crippen LogP contribution in [0.25, 0.3) is 32.9 Å². The first kappa shape index (κ1) is 19.0. The standard InChI is InChI=1S/C19H4F9N/c20-10-8(11(21)14(24)16(26)13(10)23)7-5-3-1-2-4-6(5)29-19-9(7)12(22)15(25)17(27)18(19)28/h1-4H. The summed E-state index contributed by atoms with van der Waals surface area (Å²) < 4.78 is 126. The minimum Gasteiger partial charge on any atom is -0.244 e. The zero-order valence-corrected chi connectivity index (χ0v) is 13.7. The van der Waals surface area contributed by atoms with Gasteiger partial charge in [-0.3, -0.25) is 0 Å². The SMILES string of the molecule is Fc1c(F)c(F)c(-c2c3ccccc3nc3c(F)c(F)c(F)c(F)c23)c(F)c1F. The van der Waals surface area contributed by atoms with Crippen LogP contribution in [0.4, 0.5) is 39.5 Å². The predicted molar refractivity (Wildman–Crippen MR) is 84.3 cm³/mol. The zero-order chi connectivity index (χ0) is 21.2. The van der Waals surface area contributed by atoms with Gasteiger partial charge in [-0.25, -0.2) is 44.5 Å². The van der Waals surface area contributed by atoms with Crippen molar-refractivity contribution in [2.45, 2.75) is 0 Å². The summed E-state index contributed by atoms with van der Waals surface area (Å²) in [5.41, 5.74) is -4.16. The molecule has 0 saturated heterocycles. The second-order valence-electron chi connectivity index (χ2n) is 5.93. The van der Waals surface area contributed by atoms with Gasteiger partial charge >= 0.3 is 0 Å². The molecular formula is C19H4F9N. The first-order valence-corrected chi connectivity index (χ1v) is 7.73. The molecule has 4 rings (SSSR count). The molecule has 0 aliphatic rings. The van der Waals surface area contributed by atoms with Gasteiger partial charge < -0.3 is 0 Å². The molecule has 10 heteroatoms. The highest BCUT2D eigenvalue weighted by atomic mass is 19.2. The molecule has 0 fully saturated rings. The highest BCUT2D eigenvalue weighted by Gasteiger charge is 2.32. The van der Waals surface area contributed by atoms with Crippen molar-refractivity contribution in [3.05, 3.63) is 76.6 Å². The number of benzene rings is 3. The molecule has 3 aromatic carbocycles. The van der Waals surface area contributed by atoms with Gasteiger partial charge in [0, 0.05) is 10.9 Å². The van der Waals surface area contributed by atoms with E-state index in [1.807, 2.05) is 0 Å². The number of hydrogen-bond donors (Lipinski definition) is 0. The van der Waals surface area contributed by atoms with Crippen molar-refractivity contribution in [2.75, 3.05) is 0 Å². The quantitative estimate of drug-likeness (QED) is 0.153. The van der Waals surface area contributed by atoms with E-state index >= 15 is 0 Å². The Balaban J connectivity index is 2.39. The molecule has 1 nitrogen and oxygen atoms in total. The van der Waals surface area contributed by atoms with E-state index in [0.717, 1.165) is 12.1 Å². The smallest absolute Gasteiger partial charge is 0.200 e. The summed E-state index contributed by atoms with van der Waals surface area (Å²) in [6.45, 7) is 0. The average Bonchev–Trinajstić information content (AvgIpc) is 2.73. The van der Waals surface area contributed by atoms with Crippen LogP contribution >= 0.6 is 0 Å². The summed E-state index contributed by atoms with van der Waals surface area (Å²) in [5, 5.41) is -1.66. The Morgan fingerprint density at radius 1 is 0.483 bits per heavy atom. The monoisotopic (exact) mass is 417 g/mol. The third kappa shape index (κ3) is 2.48. The summed E-state index contributed by atoms with van der Waals surface area (Å²) in [7, 11) is 0. The first-order chi connectivity index (χ1) is 13.7. The van der Waals surface area contributed by atoms with E-state index < -0.39 is 74.4 Å². The lowest BCUT2D eigenvalue weighted by atomic mass is 9.94. The van der Waals surface area contributed by atoms with Gasteiger partial charge in [0.15, 0.2) is 46.5 Å². The van der Waals surface area contributed by atoms with Crippen LogP contribution in [0, 0.1) is 52.4 Å². The van der Waals surface area contributed by atoms with Gasteiger partial charge in [0.25, 0.3) is 0 Å². The Bertz CT molecular complexity index is 1320. The highest BCUT2D eigenvalue weighted by molar-refractivity contribution is 6.10. The number of nitrogens with zero attached hydrogens (tertiary/aromatic N) is 1. The minimum atomic E-state index is -2.48. The molecular weight excluding hydrogens is 413 g/mol. The molecule has 0 aliphatic heterocycles. The van der Waals surface area contributed by atoms with Crippen LogP contribution in [0.2, 0.25) is 0 Å². The Morgan fingerprint density at radius 2 is 0.966 bits per heavy atom. The maximum atomic E-state index is 14.5. The van der Waals surface area contributed by atoms with Crippen molar-refractivity contribution in [3.63, 3.8) is 0 Å². The normalized spacial score (nSPS) is 11.6. The molecule has 0 bridgehead atoms. The van der Waals surface area contributed by atoms with Crippen LogP contribution in [-0.2, 0) is 0 Å². The molecule has 148 valence electrons. The molecule has 0 amide bonds. The summed E-state index contributed by atoms with van der Waals surface area (Å²) in [4.78, 5) is 3.62. The Kier molecular flexibility index (Phi) is 4.18. The van der Waals surface area contributed by atoms with E-state index in [2.05, 4.69) is 4.98 Å². The Morgan fingerprint density at radius 3 is 1.59 bits per heavy atom. The van der Waals surface area contributed by atoms with Crippen LogP contribution < -0.4 is 0 Å². The van der Waals surface area contributed by atoms with Crippen LogP contribution in [-0.4, -0.2) is 4.98 Å². The van der Waals surface area contributed by atoms with Gasteiger partial charge in [-0.1, -0.05) is 18.2 Å². The summed E-state index contributed by atoms with van der Waals surface area (Å²) in [5.74, 6) is -20.6. The van der Waals surface area contributed by atoms with Gasteiger partial charge in [-0.2, -0.15) is 0 Å². The lowest BCUT2D eigenvalue weighted by molar-refractivity contribution is 0.381. The maximum Gasteiger partial charge on any atom is 0.200 e. The number of halogens is 9. The lowest BCUT2D eigenvalue weighted by Gasteiger charge is -2.15. The van der Waals surface area contributed by atoms with Gasteiger partial charge in [-0.15, -0.1) is 0 Å². The van der Waals surface area contributed by atoms with Crippen molar-refractivity contribution in [3.8, 4) is 11.1 Å². The fourth-order valence-electron chi connectivity index (χ4n) is 3.07. The third-order valence-electron chi connectivity index (χ3n) is 4.36. The summed E-state index contributed by atoms with van der Waals surface area (Å²) in [6, 6.07) is 4.77. The van der Waals surface area contributed by atoms with Gasteiger partial charge in [-0.05, 0) is 6.07 Å². The largest absolute Gasteiger partial charge is 0.244 e. The van der Waals surface area contributed by atoms with Crippen molar-refractivity contribution in [1.82, 2.24) is 4.98 Å². The lowest BCUT2D eigenvalue weighted by Crippen LogP contribution is -2.07. The van der Waals surface area contributed by atoms with Gasteiger partial charge in [0.2, 0.25) is 5.82 Å². The molecule has 1 aromatic heterocycles. The molecule has 0 aliphatic carbocycles. The molecule has 1 heterocycles. The fraction of sp³-hybridized carbons (Fsp3) is 0. The number of fused-ring (bicyclic) bond motifs is 2. The Labute approximate surface area is 155 Å². The van der Waals surface area contributed by atoms with E-state index in [1.165, 1.54) is 12.1 Å². The van der Waals surface area contributed by atoms with Crippen molar-refractivity contribution >= 4 is 21.8 Å². The van der Waals surface area contributed by atoms with E-state index in [4.69, 9.17) is 0 Å². The van der Waals surface area contributed by atoms with Crippen LogP contribution in [0.15, 0.2) is 24.3 Å². The Hall–Kier alpha value is -3.30. The maximum absolute atomic E-state index is 14.5. The topological polar surface area (TPSA) is 12.9 Å². The van der Waals surface area contributed by atoms with E-state index in [0.29, 0.717) is 0 Å². The number of hydrogen-bond acceptors (Lipinski definition) is 1. The molecule has 0 atom stereocenters. The zero-order valence-electron chi connectivity index (χ0n) is 13.7. The third-order valence-corrected chi connectivity index (χ3v) is 4.36. The molecule has 0 unspecified atom stereocenters. The molecule has 4 aromatic rings. The number of para-hydroxylation sites is 1. The summed E-state index contributed by atoms with van der Waals surface area (Å²) in [6.07, 6.45) is 0. The minimum absolute atomic E-state index is 0.289. The molecule has 0 spiro atoms. The molecule has 29 heavy (non-hydrogen) atoms. The van der Waals surface area contributed by atoms with Crippen molar-refractivity contribution < 1.29 is 39.5 Å². The van der Waals surface area contributed by atoms with Crippen LogP contribution in [0.1, 0.15) is 0 Å². The highest BCUT2D eigenvalue weighted by Crippen LogP contribution is 2.42. The predicted octanol–water partition coefficient (Wildman–Crippen LogP) is 6.31. The molecule has 0 N–H and O–H groups in total. The second-order valence-corrected chi connectivity index (χ2v) is 5.93. The summed E-state index contributed by atoms with van der Waals surface area (Å²) >= 11 is 0. The number of pyridine rings is 1. The number of aromatic nitrogens is 1. The van der Waals surface area contributed by atoms with E-state index in [1.54, 1.807) is 0 Å². The first-order valence-electron chi connectivity index (χ1n) is 7.73. The van der Waals surface area contributed by atoms with Crippen LogP contribution in [0.5, 0.6) is 0 Å². The van der Waals surface area contributed by atoms with Crippen molar-refractivity contribution in [2.24, 2.45) is 0 Å². The molecule has 0 radical (unpaired) electrons. The second kappa shape index (κ2) is 6.36. The van der Waals surface area contributed by atoms with E-state index in [-0.39, 0.29) is 10.9 Å². The fourth-order valence-corrected chi connectivity index (χ4v) is 3.07. The number of rotatable bonds is 1. The van der Waals surface area contributed by atoms with E-state index in [9.17, 15) is 39.5 Å².